The van der Waals surface area contributed by atoms with Crippen LogP contribution in [0.15, 0.2) is 79.4 Å². The third kappa shape index (κ3) is 6.25. The Kier molecular flexibility index (Phi) is 8.62. The highest BCUT2D eigenvalue weighted by atomic mass is 16.4. The first-order valence-electron chi connectivity index (χ1n) is 16.5. The van der Waals surface area contributed by atoms with Crippen LogP contribution in [0.25, 0.3) is 33.6 Å². The van der Waals surface area contributed by atoms with Gasteiger partial charge in [-0.3, -0.25) is 9.69 Å². The van der Waals surface area contributed by atoms with E-state index in [9.17, 15) is 14.7 Å². The summed E-state index contributed by atoms with van der Waals surface area (Å²) in [6, 6.07) is 17.6. The molecule has 0 saturated carbocycles. The smallest absolute Gasteiger partial charge is 0.407 e. The van der Waals surface area contributed by atoms with E-state index in [1.54, 1.807) is 24.7 Å². The van der Waals surface area contributed by atoms with Gasteiger partial charge in [-0.2, -0.15) is 0 Å². The number of nitrogens with one attached hydrogen (secondary N) is 3. The lowest BCUT2D eigenvalue weighted by molar-refractivity contribution is -0.134. The molecule has 2 aliphatic rings. The molecule has 2 aromatic carbocycles. The van der Waals surface area contributed by atoms with Crippen LogP contribution in [-0.4, -0.2) is 75.9 Å². The third-order valence-electron chi connectivity index (χ3n) is 9.36. The minimum Gasteiger partial charge on any atom is -0.465 e. The molecule has 3 aromatic heterocycles. The molecule has 2 amide bonds. The van der Waals surface area contributed by atoms with Crippen LogP contribution in [0.3, 0.4) is 0 Å². The van der Waals surface area contributed by atoms with Crippen molar-refractivity contribution < 1.29 is 14.7 Å². The van der Waals surface area contributed by atoms with Crippen LogP contribution in [0.2, 0.25) is 0 Å². The minimum absolute atomic E-state index is 0.0277. The number of hydrogen-bond donors (Lipinski definition) is 4. The molecule has 48 heavy (non-hydrogen) atoms. The van der Waals surface area contributed by atoms with Crippen molar-refractivity contribution in [3.05, 3.63) is 91.0 Å². The summed E-state index contributed by atoms with van der Waals surface area (Å²) in [6.07, 6.45) is 9.41. The van der Waals surface area contributed by atoms with Crippen molar-refractivity contribution in [2.24, 2.45) is 5.92 Å². The van der Waals surface area contributed by atoms with Gasteiger partial charge in [0.15, 0.2) is 0 Å². The van der Waals surface area contributed by atoms with Crippen LogP contribution in [0, 0.1) is 5.92 Å². The molecule has 7 rings (SSSR count). The number of amides is 2. The fourth-order valence-electron chi connectivity index (χ4n) is 6.79. The van der Waals surface area contributed by atoms with E-state index in [-0.39, 0.29) is 23.9 Å². The zero-order valence-electron chi connectivity index (χ0n) is 27.0. The van der Waals surface area contributed by atoms with Gasteiger partial charge in [-0.05, 0) is 59.9 Å². The molecular weight excluding hydrogens is 606 g/mol. The van der Waals surface area contributed by atoms with Crippen LogP contribution in [-0.2, 0) is 4.79 Å². The Morgan fingerprint density at radius 3 is 1.73 bits per heavy atom. The number of likely N-dealkylation sites (tertiary alicyclic amines) is 2. The van der Waals surface area contributed by atoms with Gasteiger partial charge in [0, 0.05) is 25.5 Å². The standard InChI is InChI=1S/C36H39N9O3/c1-22(2)31(43-35-37-16-5-17-38-35)34(46)44-18-3-6-29(44)32-39-20-27(41-32)25-12-8-23(9-13-25)24-10-14-26(15-11-24)28-21-40-33(42-28)30-7-4-19-45(30)36(47)48/h5,8-17,20-22,29-31H,3-4,6-7,18-19H2,1-2H3,(H,39,41)(H,40,42)(H,47,48)(H,37,38,43)/t29-,30?,31-/m0/s1. The molecule has 12 heteroatoms. The highest BCUT2D eigenvalue weighted by molar-refractivity contribution is 5.85. The van der Waals surface area contributed by atoms with Crippen molar-refractivity contribution in [3.8, 4) is 33.6 Å². The van der Waals surface area contributed by atoms with Gasteiger partial charge in [-0.25, -0.2) is 24.7 Å². The van der Waals surface area contributed by atoms with Crippen molar-refractivity contribution in [2.45, 2.75) is 57.7 Å². The van der Waals surface area contributed by atoms with Crippen LogP contribution < -0.4 is 5.32 Å². The van der Waals surface area contributed by atoms with E-state index in [1.807, 2.05) is 37.1 Å². The molecule has 2 aliphatic heterocycles. The number of carboxylic acid groups (broad SMARTS) is 1. The maximum atomic E-state index is 13.8. The zero-order chi connectivity index (χ0) is 33.2. The predicted octanol–water partition coefficient (Wildman–Crippen LogP) is 6.54. The number of aromatic amines is 2. The molecule has 2 saturated heterocycles. The lowest BCUT2D eigenvalue weighted by Gasteiger charge is -2.30. The number of hydrogen-bond acceptors (Lipinski definition) is 7. The van der Waals surface area contributed by atoms with Crippen molar-refractivity contribution in [2.75, 3.05) is 18.4 Å². The number of aromatic nitrogens is 6. The summed E-state index contributed by atoms with van der Waals surface area (Å²) in [5, 5.41) is 12.7. The van der Waals surface area contributed by atoms with E-state index >= 15 is 0 Å². The highest BCUT2D eigenvalue weighted by Crippen LogP contribution is 2.34. The molecular formula is C36H39N9O3. The molecule has 12 nitrogen and oxygen atoms in total. The van der Waals surface area contributed by atoms with E-state index in [0.717, 1.165) is 65.1 Å². The number of carbonyl (C=O) groups is 2. The maximum Gasteiger partial charge on any atom is 0.407 e. The van der Waals surface area contributed by atoms with Crippen LogP contribution in [0.4, 0.5) is 10.7 Å². The number of carbonyl (C=O) groups excluding carboxylic acids is 1. The molecule has 0 radical (unpaired) electrons. The van der Waals surface area contributed by atoms with E-state index in [1.165, 1.54) is 4.90 Å². The van der Waals surface area contributed by atoms with Gasteiger partial charge in [-0.1, -0.05) is 62.4 Å². The number of H-pyrrole nitrogens is 2. The highest BCUT2D eigenvalue weighted by Gasteiger charge is 2.37. The predicted molar refractivity (Wildman–Crippen MR) is 182 cm³/mol. The Labute approximate surface area is 278 Å². The molecule has 0 bridgehead atoms. The number of rotatable bonds is 9. The summed E-state index contributed by atoms with van der Waals surface area (Å²) in [4.78, 5) is 53.3. The second-order valence-corrected chi connectivity index (χ2v) is 12.8. The molecule has 5 aromatic rings. The molecule has 0 spiro atoms. The number of nitrogens with zero attached hydrogens (tertiary/aromatic N) is 6. The summed E-state index contributed by atoms with van der Waals surface area (Å²) in [7, 11) is 0. The number of imidazole rings is 2. The second-order valence-electron chi connectivity index (χ2n) is 12.8. The SMILES string of the molecule is CC(C)[C@H](Nc1ncccn1)C(=O)N1CCC[C@H]1c1ncc(-c2ccc(-c3ccc(-c4cnc(C5CCCN5C(=O)O)[nH]4)cc3)cc2)[nH]1. The molecule has 2 fully saturated rings. The average molecular weight is 646 g/mol. The van der Waals surface area contributed by atoms with Gasteiger partial charge in [0.05, 0.1) is 35.9 Å². The van der Waals surface area contributed by atoms with Gasteiger partial charge in [-0.15, -0.1) is 0 Å². The summed E-state index contributed by atoms with van der Waals surface area (Å²) in [5.41, 5.74) is 5.93. The van der Waals surface area contributed by atoms with Gasteiger partial charge in [0.1, 0.15) is 17.7 Å². The van der Waals surface area contributed by atoms with Crippen LogP contribution >= 0.6 is 0 Å². The van der Waals surface area contributed by atoms with E-state index < -0.39 is 12.1 Å². The van der Waals surface area contributed by atoms with Gasteiger partial charge in [0.2, 0.25) is 11.9 Å². The largest absolute Gasteiger partial charge is 0.465 e. The average Bonchev–Trinajstić information content (AvgIpc) is 3.94. The first kappa shape index (κ1) is 31.1. The summed E-state index contributed by atoms with van der Waals surface area (Å²) < 4.78 is 0. The summed E-state index contributed by atoms with van der Waals surface area (Å²) in [6.45, 7) is 5.26. The van der Waals surface area contributed by atoms with Crippen LogP contribution in [0.5, 0.6) is 0 Å². The van der Waals surface area contributed by atoms with Crippen molar-refractivity contribution in [1.29, 1.82) is 0 Å². The summed E-state index contributed by atoms with van der Waals surface area (Å²) in [5.74, 6) is 2.01. The topological polar surface area (TPSA) is 156 Å². The normalized spacial score (nSPS) is 18.4. The number of anilines is 1. The molecule has 5 heterocycles. The first-order chi connectivity index (χ1) is 23.4. The van der Waals surface area contributed by atoms with Crippen molar-refractivity contribution >= 4 is 17.9 Å². The fraction of sp³-hybridized carbons (Fsp3) is 0.333. The summed E-state index contributed by atoms with van der Waals surface area (Å²) >= 11 is 0. The molecule has 4 N–H and O–H groups in total. The maximum absolute atomic E-state index is 13.8. The van der Waals surface area contributed by atoms with E-state index in [4.69, 9.17) is 4.98 Å². The lowest BCUT2D eigenvalue weighted by atomic mass is 10.0. The first-order valence-corrected chi connectivity index (χ1v) is 16.5. The lowest BCUT2D eigenvalue weighted by Crippen LogP contribution is -2.45. The molecule has 0 aliphatic carbocycles. The van der Waals surface area contributed by atoms with Gasteiger partial charge in [0.25, 0.3) is 0 Å². The van der Waals surface area contributed by atoms with Gasteiger partial charge >= 0.3 is 6.09 Å². The van der Waals surface area contributed by atoms with Crippen LogP contribution in [0.1, 0.15) is 63.3 Å². The van der Waals surface area contributed by atoms with Crippen molar-refractivity contribution in [1.82, 2.24) is 39.7 Å². The third-order valence-corrected chi connectivity index (χ3v) is 9.36. The van der Waals surface area contributed by atoms with Crippen molar-refractivity contribution in [3.63, 3.8) is 0 Å². The Morgan fingerprint density at radius 2 is 1.23 bits per heavy atom. The monoisotopic (exact) mass is 645 g/mol. The molecule has 1 unspecified atom stereocenters. The minimum atomic E-state index is -0.908. The number of benzene rings is 2. The van der Waals surface area contributed by atoms with E-state index in [2.05, 4.69) is 66.6 Å². The quantitative estimate of drug-likeness (QED) is 0.141. The Hall–Kier alpha value is -5.52. The van der Waals surface area contributed by atoms with E-state index in [0.29, 0.717) is 24.9 Å². The Balaban J connectivity index is 1.02. The molecule has 246 valence electrons. The fourth-order valence-corrected chi connectivity index (χ4v) is 6.79. The Morgan fingerprint density at radius 1 is 0.750 bits per heavy atom. The molecule has 3 atom stereocenters. The second kappa shape index (κ2) is 13.3. The zero-order valence-corrected chi connectivity index (χ0v) is 27.0. The Bertz CT molecular complexity index is 1870. The van der Waals surface area contributed by atoms with Gasteiger partial charge < -0.3 is 25.3 Å².